The van der Waals surface area contributed by atoms with Gasteiger partial charge in [-0.05, 0) is 18.2 Å². The van der Waals surface area contributed by atoms with E-state index in [-0.39, 0.29) is 22.4 Å². The lowest BCUT2D eigenvalue weighted by Gasteiger charge is -2.09. The molecule has 1 amide bonds. The number of nitrogens with one attached hydrogen (secondary N) is 1. The van der Waals surface area contributed by atoms with Crippen LogP contribution in [0.2, 0.25) is 0 Å². The Kier molecular flexibility index (Phi) is 4.61. The van der Waals surface area contributed by atoms with Crippen molar-refractivity contribution in [2.75, 3.05) is 7.11 Å². The first-order valence-electron chi connectivity index (χ1n) is 7.60. The van der Waals surface area contributed by atoms with Crippen LogP contribution in [0.5, 0.6) is 5.75 Å². The molecule has 3 aromatic rings. The van der Waals surface area contributed by atoms with Crippen molar-refractivity contribution in [3.8, 4) is 5.75 Å². The van der Waals surface area contributed by atoms with Crippen LogP contribution in [0.4, 0.5) is 0 Å². The molecule has 2 heterocycles. The van der Waals surface area contributed by atoms with Gasteiger partial charge in [0.1, 0.15) is 12.0 Å². The minimum absolute atomic E-state index is 0.00998. The fourth-order valence-corrected chi connectivity index (χ4v) is 2.39. The van der Waals surface area contributed by atoms with E-state index in [9.17, 15) is 15.2 Å². The lowest BCUT2D eigenvalue weighted by atomic mass is 10.2. The molecule has 0 atom stereocenters. The van der Waals surface area contributed by atoms with Crippen molar-refractivity contribution in [3.05, 3.63) is 70.1 Å². The molecule has 0 aliphatic carbocycles. The van der Waals surface area contributed by atoms with Crippen molar-refractivity contribution in [2.45, 2.75) is 6.92 Å². The highest BCUT2D eigenvalue weighted by molar-refractivity contribution is 5.94. The Hall–Kier alpha value is -3.75. The van der Waals surface area contributed by atoms with Crippen molar-refractivity contribution in [1.29, 1.82) is 0 Å². The number of hydrazone groups is 1. The molecule has 0 saturated heterocycles. The summed E-state index contributed by atoms with van der Waals surface area (Å²) in [6, 6.07) is 7.62. The van der Waals surface area contributed by atoms with Gasteiger partial charge in [-0.25, -0.2) is 5.43 Å². The van der Waals surface area contributed by atoms with Crippen LogP contribution in [-0.2, 0) is 0 Å². The molecular weight excluding hydrogens is 338 g/mol. The maximum atomic E-state index is 12.6. The van der Waals surface area contributed by atoms with Crippen molar-refractivity contribution in [3.63, 3.8) is 0 Å². The van der Waals surface area contributed by atoms with E-state index in [1.165, 1.54) is 50.7 Å². The summed E-state index contributed by atoms with van der Waals surface area (Å²) in [5.74, 6) is -0.0176. The predicted octanol–water partition coefficient (Wildman–Crippen LogP) is 0.583. The summed E-state index contributed by atoms with van der Waals surface area (Å²) in [4.78, 5) is 15.8. The summed E-state index contributed by atoms with van der Waals surface area (Å²) < 4.78 is 6.30. The van der Waals surface area contributed by atoms with Crippen LogP contribution in [-0.4, -0.2) is 24.2 Å². The number of nitrogens with zero attached hydrogens (tertiary/aromatic N) is 4. The highest BCUT2D eigenvalue weighted by Gasteiger charge is 2.24. The largest absolute Gasteiger partial charge is 0.618 e. The molecule has 0 fully saturated rings. The molecule has 9 nitrogen and oxygen atoms in total. The molecule has 0 saturated carbocycles. The zero-order chi connectivity index (χ0) is 18.7. The fourth-order valence-electron chi connectivity index (χ4n) is 2.39. The van der Waals surface area contributed by atoms with Gasteiger partial charge in [-0.15, -0.1) is 0 Å². The van der Waals surface area contributed by atoms with Gasteiger partial charge in [0.05, 0.1) is 13.2 Å². The minimum atomic E-state index is -0.462. The normalized spacial score (nSPS) is 11.0. The highest BCUT2D eigenvalue weighted by Crippen LogP contribution is 2.16. The highest BCUT2D eigenvalue weighted by atomic mass is 16.5. The molecule has 0 spiro atoms. The van der Waals surface area contributed by atoms with Crippen LogP contribution in [0.1, 0.15) is 21.7 Å². The lowest BCUT2D eigenvalue weighted by molar-refractivity contribution is -0.634. The number of benzene rings is 1. The van der Waals surface area contributed by atoms with Crippen molar-refractivity contribution in [1.82, 2.24) is 10.4 Å². The second-order valence-electron chi connectivity index (χ2n) is 5.35. The molecule has 0 aliphatic heterocycles. The SMILES string of the molecule is COc1ccc2c(c1)[n+]([O-])c(/C=N/NC(=O)c1ccncc1)c(C)[n+]2[O-]. The summed E-state index contributed by atoms with van der Waals surface area (Å²) in [5, 5.41) is 28.8. The number of fused-ring (bicyclic) bond motifs is 1. The van der Waals surface area contributed by atoms with E-state index < -0.39 is 5.91 Å². The third-order valence-electron chi connectivity index (χ3n) is 3.81. The zero-order valence-corrected chi connectivity index (χ0v) is 14.0. The Labute approximate surface area is 148 Å². The van der Waals surface area contributed by atoms with Crippen LogP contribution in [0.3, 0.4) is 0 Å². The monoisotopic (exact) mass is 353 g/mol. The average Bonchev–Trinajstić information content (AvgIpc) is 2.68. The average molecular weight is 353 g/mol. The smallest absolute Gasteiger partial charge is 0.305 e. The topological polar surface area (TPSA) is 117 Å². The fraction of sp³-hybridized carbons (Fsp3) is 0.118. The van der Waals surface area contributed by atoms with Gasteiger partial charge < -0.3 is 15.2 Å². The van der Waals surface area contributed by atoms with Gasteiger partial charge in [0.2, 0.25) is 0 Å². The number of methoxy groups -OCH3 is 1. The van der Waals surface area contributed by atoms with Gasteiger partial charge in [0.15, 0.2) is 0 Å². The van der Waals surface area contributed by atoms with Crippen molar-refractivity contribution in [2.24, 2.45) is 5.10 Å². The molecule has 26 heavy (non-hydrogen) atoms. The maximum absolute atomic E-state index is 12.6. The second-order valence-corrected chi connectivity index (χ2v) is 5.35. The number of carbonyl (C=O) groups excluding carboxylic acids is 1. The number of pyridine rings is 1. The van der Waals surface area contributed by atoms with E-state index >= 15 is 0 Å². The molecule has 0 aliphatic rings. The molecule has 1 aromatic carbocycles. The summed E-state index contributed by atoms with van der Waals surface area (Å²) in [6.07, 6.45) is 4.09. The van der Waals surface area contributed by atoms with Crippen molar-refractivity contribution < 1.29 is 19.0 Å². The Morgan fingerprint density at radius 1 is 1.19 bits per heavy atom. The van der Waals surface area contributed by atoms with Crippen LogP contribution < -0.4 is 19.6 Å². The molecular formula is C17H15N5O4. The summed E-state index contributed by atoms with van der Waals surface area (Å²) in [5.41, 5.74) is 3.17. The molecule has 9 heteroatoms. The molecule has 132 valence electrons. The number of aromatic nitrogens is 3. The lowest BCUT2D eigenvalue weighted by Crippen LogP contribution is -2.45. The number of amides is 1. The van der Waals surface area contributed by atoms with E-state index in [4.69, 9.17) is 4.74 Å². The molecule has 0 radical (unpaired) electrons. The Balaban J connectivity index is 1.95. The van der Waals surface area contributed by atoms with E-state index in [1.54, 1.807) is 6.07 Å². The quantitative estimate of drug-likeness (QED) is 0.319. The van der Waals surface area contributed by atoms with Gasteiger partial charge in [0.25, 0.3) is 22.6 Å². The van der Waals surface area contributed by atoms with Crippen LogP contribution in [0.15, 0.2) is 47.8 Å². The van der Waals surface area contributed by atoms with E-state index in [1.807, 2.05) is 0 Å². The number of rotatable bonds is 4. The van der Waals surface area contributed by atoms with Gasteiger partial charge in [-0.1, -0.05) is 0 Å². The van der Waals surface area contributed by atoms with E-state index in [0.29, 0.717) is 20.8 Å². The molecule has 0 unspecified atom stereocenters. The predicted molar refractivity (Wildman–Crippen MR) is 92.5 cm³/mol. The Bertz CT molecular complexity index is 1010. The van der Waals surface area contributed by atoms with Gasteiger partial charge in [0, 0.05) is 30.9 Å². The number of hydrogen-bond donors (Lipinski definition) is 1. The molecule has 3 rings (SSSR count). The standard InChI is InChI=1S/C17H15N5O4/c1-11-16(10-19-20-17(23)12-5-7-18-8-6-12)22(25)15-9-13(26-2)3-4-14(15)21(11)24/h3-10H,1-2H3,(H,20,23)/b19-10+. The Morgan fingerprint density at radius 3 is 2.62 bits per heavy atom. The second kappa shape index (κ2) is 7.01. The Morgan fingerprint density at radius 2 is 1.92 bits per heavy atom. The summed E-state index contributed by atoms with van der Waals surface area (Å²) in [7, 11) is 1.47. The molecule has 2 aromatic heterocycles. The summed E-state index contributed by atoms with van der Waals surface area (Å²) >= 11 is 0. The van der Waals surface area contributed by atoms with Crippen LogP contribution >= 0.6 is 0 Å². The van der Waals surface area contributed by atoms with E-state index in [2.05, 4.69) is 15.5 Å². The first kappa shape index (κ1) is 17.1. The van der Waals surface area contributed by atoms with Gasteiger partial charge in [-0.3, -0.25) is 9.78 Å². The van der Waals surface area contributed by atoms with Gasteiger partial charge in [-0.2, -0.15) is 14.6 Å². The zero-order valence-electron chi connectivity index (χ0n) is 14.0. The van der Waals surface area contributed by atoms with Crippen molar-refractivity contribution >= 4 is 23.2 Å². The number of ether oxygens (including phenoxy) is 1. The number of carbonyl (C=O) groups is 1. The molecule has 1 N–H and O–H groups in total. The first-order valence-corrected chi connectivity index (χ1v) is 7.60. The summed E-state index contributed by atoms with van der Waals surface area (Å²) in [6.45, 7) is 1.50. The van der Waals surface area contributed by atoms with Crippen LogP contribution in [0.25, 0.3) is 11.0 Å². The number of hydrogen-bond acceptors (Lipinski definition) is 6. The van der Waals surface area contributed by atoms with Gasteiger partial charge >= 0.3 is 5.69 Å². The first-order chi connectivity index (χ1) is 12.5. The third-order valence-corrected chi connectivity index (χ3v) is 3.81. The van der Waals surface area contributed by atoms with E-state index in [0.717, 1.165) is 6.21 Å². The van der Waals surface area contributed by atoms with Crippen LogP contribution in [0, 0.1) is 17.3 Å². The maximum Gasteiger partial charge on any atom is 0.305 e. The third kappa shape index (κ3) is 3.09. The molecule has 0 bridgehead atoms. The minimum Gasteiger partial charge on any atom is -0.618 e.